The second kappa shape index (κ2) is 8.65. The molecule has 6 nitrogen and oxygen atoms in total. The van der Waals surface area contributed by atoms with Crippen LogP contribution in [0.1, 0.15) is 12.5 Å². The van der Waals surface area contributed by atoms with E-state index >= 15 is 0 Å². The van der Waals surface area contributed by atoms with Gasteiger partial charge in [-0.15, -0.1) is 0 Å². The van der Waals surface area contributed by atoms with E-state index in [4.69, 9.17) is 21.5 Å². The summed E-state index contributed by atoms with van der Waals surface area (Å²) in [4.78, 5) is 11.2. The van der Waals surface area contributed by atoms with Crippen molar-refractivity contribution in [2.24, 2.45) is 5.14 Å². The Morgan fingerprint density at radius 1 is 1.07 bits per heavy atom. The quantitative estimate of drug-likeness (QED) is 0.612. The van der Waals surface area contributed by atoms with Gasteiger partial charge in [0.1, 0.15) is 17.3 Å². The SMILES string of the molecule is CC(=O)Nc1cccc(-c2ccc(OCc3ccccc3)c(S(N)(=O)=O)c2)c1Cl. The summed E-state index contributed by atoms with van der Waals surface area (Å²) < 4.78 is 30.0. The van der Waals surface area contributed by atoms with Crippen molar-refractivity contribution in [3.63, 3.8) is 0 Å². The van der Waals surface area contributed by atoms with Gasteiger partial charge in [-0.2, -0.15) is 0 Å². The summed E-state index contributed by atoms with van der Waals surface area (Å²) in [5, 5.41) is 8.34. The number of sulfonamides is 1. The number of rotatable bonds is 6. The smallest absolute Gasteiger partial charge is 0.241 e. The van der Waals surface area contributed by atoms with Crippen molar-refractivity contribution in [1.82, 2.24) is 0 Å². The molecule has 0 aliphatic rings. The molecule has 0 heterocycles. The predicted molar refractivity (Wildman–Crippen MR) is 113 cm³/mol. The van der Waals surface area contributed by atoms with Gasteiger partial charge in [0.25, 0.3) is 0 Å². The zero-order chi connectivity index (χ0) is 21.0. The topological polar surface area (TPSA) is 98.5 Å². The fourth-order valence-electron chi connectivity index (χ4n) is 2.79. The molecule has 8 heteroatoms. The van der Waals surface area contributed by atoms with Crippen LogP contribution >= 0.6 is 11.6 Å². The lowest BCUT2D eigenvalue weighted by atomic mass is 10.0. The van der Waals surface area contributed by atoms with Crippen LogP contribution in [0.15, 0.2) is 71.6 Å². The van der Waals surface area contributed by atoms with Crippen molar-refractivity contribution in [2.75, 3.05) is 5.32 Å². The zero-order valence-corrected chi connectivity index (χ0v) is 17.1. The summed E-state index contributed by atoms with van der Waals surface area (Å²) in [6, 6.07) is 19.1. The largest absolute Gasteiger partial charge is 0.487 e. The van der Waals surface area contributed by atoms with Crippen molar-refractivity contribution in [3.8, 4) is 16.9 Å². The normalized spacial score (nSPS) is 11.1. The number of anilines is 1. The molecule has 3 rings (SSSR count). The standard InChI is InChI=1S/C21H19ClN2O4S/c1-14(25)24-18-9-5-8-17(21(18)22)16-10-11-19(20(12-16)29(23,26)27)28-13-15-6-3-2-4-7-15/h2-12H,13H2,1H3,(H,24,25)(H2,23,26,27). The lowest BCUT2D eigenvalue weighted by Gasteiger charge is -2.14. The molecule has 0 bridgehead atoms. The minimum absolute atomic E-state index is 0.146. The van der Waals surface area contributed by atoms with Crippen LogP contribution in [-0.4, -0.2) is 14.3 Å². The van der Waals surface area contributed by atoms with Crippen molar-refractivity contribution < 1.29 is 17.9 Å². The molecule has 3 aromatic rings. The monoisotopic (exact) mass is 430 g/mol. The molecule has 0 atom stereocenters. The number of nitrogens with one attached hydrogen (secondary N) is 1. The third-order valence-corrected chi connectivity index (χ3v) is 5.45. The molecule has 0 aromatic heterocycles. The molecule has 0 fully saturated rings. The van der Waals surface area contributed by atoms with Crippen LogP contribution in [0.4, 0.5) is 5.69 Å². The number of primary sulfonamides is 1. The lowest BCUT2D eigenvalue weighted by Crippen LogP contribution is -2.14. The molecule has 1 amide bonds. The maximum atomic E-state index is 12.2. The fourth-order valence-corrected chi connectivity index (χ4v) is 3.77. The van der Waals surface area contributed by atoms with Crippen LogP contribution in [0.3, 0.4) is 0 Å². The van der Waals surface area contributed by atoms with E-state index in [9.17, 15) is 13.2 Å². The van der Waals surface area contributed by atoms with Crippen molar-refractivity contribution in [2.45, 2.75) is 18.4 Å². The van der Waals surface area contributed by atoms with E-state index in [0.29, 0.717) is 21.8 Å². The van der Waals surface area contributed by atoms with E-state index in [1.165, 1.54) is 13.0 Å². The molecule has 0 spiro atoms. The average Bonchev–Trinajstić information content (AvgIpc) is 2.68. The van der Waals surface area contributed by atoms with Gasteiger partial charge in [-0.05, 0) is 29.3 Å². The van der Waals surface area contributed by atoms with E-state index in [1.807, 2.05) is 30.3 Å². The van der Waals surface area contributed by atoms with Crippen molar-refractivity contribution in [1.29, 1.82) is 0 Å². The van der Waals surface area contributed by atoms with E-state index in [0.717, 1.165) is 5.56 Å². The molecule has 0 unspecified atom stereocenters. The highest BCUT2D eigenvalue weighted by Crippen LogP contribution is 2.36. The second-order valence-electron chi connectivity index (χ2n) is 6.33. The summed E-state index contributed by atoms with van der Waals surface area (Å²) in [7, 11) is -4.05. The van der Waals surface area contributed by atoms with Crippen LogP contribution < -0.4 is 15.2 Å². The Morgan fingerprint density at radius 3 is 2.45 bits per heavy atom. The minimum atomic E-state index is -4.05. The van der Waals surface area contributed by atoms with Gasteiger partial charge in [0.05, 0.1) is 10.7 Å². The molecular weight excluding hydrogens is 412 g/mol. The van der Waals surface area contributed by atoms with Crippen molar-refractivity contribution in [3.05, 3.63) is 77.3 Å². The number of nitrogens with two attached hydrogens (primary N) is 1. The van der Waals surface area contributed by atoms with Gasteiger partial charge in [0.2, 0.25) is 15.9 Å². The van der Waals surface area contributed by atoms with Gasteiger partial charge in [-0.1, -0.05) is 60.1 Å². The first-order chi connectivity index (χ1) is 13.8. The highest BCUT2D eigenvalue weighted by atomic mass is 35.5. The number of amides is 1. The summed E-state index contributed by atoms with van der Waals surface area (Å²) in [5.41, 5.74) is 2.40. The first-order valence-corrected chi connectivity index (χ1v) is 10.6. The molecular formula is C21H19ClN2O4S. The number of carbonyl (C=O) groups is 1. The molecule has 0 radical (unpaired) electrons. The van der Waals surface area contributed by atoms with E-state index in [2.05, 4.69) is 5.32 Å². The van der Waals surface area contributed by atoms with E-state index in [-0.39, 0.29) is 23.2 Å². The van der Waals surface area contributed by atoms with Crippen LogP contribution in [0.2, 0.25) is 5.02 Å². The fraction of sp³-hybridized carbons (Fsp3) is 0.0952. The number of halogens is 1. The van der Waals surface area contributed by atoms with Gasteiger partial charge in [-0.25, -0.2) is 13.6 Å². The molecule has 3 N–H and O–H groups in total. The Bertz CT molecular complexity index is 1150. The Kier molecular flexibility index (Phi) is 6.22. The molecule has 0 aliphatic heterocycles. The Labute approximate surface area is 174 Å². The van der Waals surface area contributed by atoms with Gasteiger partial charge in [-0.3, -0.25) is 4.79 Å². The number of hydrogen-bond acceptors (Lipinski definition) is 4. The molecule has 0 saturated heterocycles. The maximum Gasteiger partial charge on any atom is 0.241 e. The van der Waals surface area contributed by atoms with Crippen LogP contribution in [0.25, 0.3) is 11.1 Å². The molecule has 0 aliphatic carbocycles. The van der Waals surface area contributed by atoms with Crippen LogP contribution in [0.5, 0.6) is 5.75 Å². The first-order valence-electron chi connectivity index (χ1n) is 8.66. The highest BCUT2D eigenvalue weighted by molar-refractivity contribution is 7.89. The Morgan fingerprint density at radius 2 is 1.79 bits per heavy atom. The minimum Gasteiger partial charge on any atom is -0.487 e. The van der Waals surface area contributed by atoms with E-state index in [1.54, 1.807) is 30.3 Å². The molecule has 3 aromatic carbocycles. The number of carbonyl (C=O) groups excluding carboxylic acids is 1. The Hall–Kier alpha value is -2.87. The predicted octanol–water partition coefficient (Wildman–Crippen LogP) is 4.19. The van der Waals surface area contributed by atoms with Crippen molar-refractivity contribution >= 4 is 33.2 Å². The summed E-state index contributed by atoms with van der Waals surface area (Å²) >= 11 is 6.41. The average molecular weight is 431 g/mol. The molecule has 0 saturated carbocycles. The van der Waals surface area contributed by atoms with Gasteiger partial charge < -0.3 is 10.1 Å². The third kappa shape index (κ3) is 5.14. The summed E-state index contributed by atoms with van der Waals surface area (Å²) in [6.07, 6.45) is 0. The van der Waals surface area contributed by atoms with Gasteiger partial charge in [0.15, 0.2) is 0 Å². The van der Waals surface area contributed by atoms with Crippen LogP contribution in [0, 0.1) is 0 Å². The van der Waals surface area contributed by atoms with Gasteiger partial charge >= 0.3 is 0 Å². The molecule has 29 heavy (non-hydrogen) atoms. The van der Waals surface area contributed by atoms with Crippen LogP contribution in [-0.2, 0) is 21.4 Å². The van der Waals surface area contributed by atoms with E-state index < -0.39 is 10.0 Å². The zero-order valence-electron chi connectivity index (χ0n) is 15.6. The second-order valence-corrected chi connectivity index (χ2v) is 8.24. The Balaban J connectivity index is 1.99. The number of ether oxygens (including phenoxy) is 1. The molecule has 150 valence electrons. The summed E-state index contributed by atoms with van der Waals surface area (Å²) in [6.45, 7) is 1.57. The third-order valence-electron chi connectivity index (χ3n) is 4.11. The van der Waals surface area contributed by atoms with Gasteiger partial charge in [0, 0.05) is 12.5 Å². The lowest BCUT2D eigenvalue weighted by molar-refractivity contribution is -0.114. The first kappa shape index (κ1) is 20.9. The maximum absolute atomic E-state index is 12.2. The number of benzene rings is 3. The summed E-state index contributed by atoms with van der Waals surface area (Å²) in [5.74, 6) is -0.117. The number of hydrogen-bond donors (Lipinski definition) is 2. The highest BCUT2D eigenvalue weighted by Gasteiger charge is 2.18.